The maximum absolute atomic E-state index is 13.1. The third kappa shape index (κ3) is 5.40. The first kappa shape index (κ1) is 22.9. The fourth-order valence-corrected chi connectivity index (χ4v) is 3.76. The molecule has 1 aliphatic heterocycles. The summed E-state index contributed by atoms with van der Waals surface area (Å²) in [6.45, 7) is 0.892. The molecule has 0 aliphatic carbocycles. The molecule has 0 saturated carbocycles. The maximum atomic E-state index is 13.1. The number of ether oxygens (including phenoxy) is 1. The van der Waals surface area contributed by atoms with E-state index in [2.05, 4.69) is 10.3 Å². The predicted octanol–water partition coefficient (Wildman–Crippen LogP) is 3.18. The number of nitrogens with zero attached hydrogens (tertiary/aromatic N) is 3. The van der Waals surface area contributed by atoms with Crippen LogP contribution in [0.2, 0.25) is 10.0 Å². The molecule has 2 heterocycles. The van der Waals surface area contributed by atoms with Crippen LogP contribution >= 0.6 is 23.2 Å². The van der Waals surface area contributed by atoms with E-state index in [1.54, 1.807) is 41.3 Å². The minimum absolute atomic E-state index is 0.135. The minimum atomic E-state index is -0.350. The van der Waals surface area contributed by atoms with Crippen LogP contribution in [-0.4, -0.2) is 40.8 Å². The third-order valence-electron chi connectivity index (χ3n) is 5.27. The Bertz CT molecular complexity index is 1200. The topological polar surface area (TPSA) is 85.7 Å². The Morgan fingerprint density at radius 1 is 1.09 bits per heavy atom. The zero-order chi connectivity index (χ0) is 23.4. The van der Waals surface area contributed by atoms with Gasteiger partial charge in [-0.1, -0.05) is 35.3 Å². The van der Waals surface area contributed by atoms with Crippen molar-refractivity contribution >= 4 is 35.1 Å². The molecule has 1 N–H and O–H groups in total. The molecule has 0 unspecified atom stereocenters. The molecule has 3 aromatic rings. The molecule has 172 valence electrons. The molecule has 0 atom stereocenters. The summed E-state index contributed by atoms with van der Waals surface area (Å²) < 4.78 is 6.65. The molecule has 0 fully saturated rings. The van der Waals surface area contributed by atoms with Crippen molar-refractivity contribution in [1.29, 1.82) is 0 Å². The number of hydrogen-bond donors (Lipinski definition) is 1. The van der Waals surface area contributed by atoms with Gasteiger partial charge >= 0.3 is 0 Å². The maximum Gasteiger partial charge on any atom is 0.293 e. The number of carbonyl (C=O) groups is 1. The molecular weight excluding hydrogens is 467 g/mol. The van der Waals surface area contributed by atoms with Crippen molar-refractivity contribution in [3.63, 3.8) is 0 Å². The van der Waals surface area contributed by atoms with Crippen LogP contribution in [0, 0.1) is 0 Å². The highest BCUT2D eigenvalue weighted by atomic mass is 35.5. The van der Waals surface area contributed by atoms with Crippen molar-refractivity contribution in [3.05, 3.63) is 85.8 Å². The largest absolute Gasteiger partial charge is 0.484 e. The van der Waals surface area contributed by atoms with Crippen molar-refractivity contribution < 1.29 is 14.4 Å². The van der Waals surface area contributed by atoms with Gasteiger partial charge in [-0.3, -0.25) is 9.59 Å². The SMILES string of the molecule is COn1c(NCc2ccc(Cl)cc2)nc2c(c1=O)CN(C(=O)COc1ccc(Cl)cc1)CC2. The highest BCUT2D eigenvalue weighted by molar-refractivity contribution is 6.30. The summed E-state index contributed by atoms with van der Waals surface area (Å²) in [5.74, 6) is 0.635. The minimum Gasteiger partial charge on any atom is -0.484 e. The summed E-state index contributed by atoms with van der Waals surface area (Å²) in [7, 11) is 1.40. The molecule has 0 bridgehead atoms. The first-order chi connectivity index (χ1) is 15.9. The van der Waals surface area contributed by atoms with Crippen LogP contribution in [0.3, 0.4) is 0 Å². The van der Waals surface area contributed by atoms with E-state index in [4.69, 9.17) is 32.8 Å². The third-order valence-corrected chi connectivity index (χ3v) is 5.77. The molecule has 1 aliphatic rings. The Kier molecular flexibility index (Phi) is 7.05. The normalized spacial score (nSPS) is 12.8. The number of carbonyl (C=O) groups excluding carboxylic acids is 1. The summed E-state index contributed by atoms with van der Waals surface area (Å²) in [5.41, 5.74) is 1.71. The van der Waals surface area contributed by atoms with E-state index in [1.807, 2.05) is 12.1 Å². The molecule has 1 amide bonds. The highest BCUT2D eigenvalue weighted by Crippen LogP contribution is 2.19. The second-order valence-electron chi connectivity index (χ2n) is 7.43. The Hall–Kier alpha value is -3.23. The van der Waals surface area contributed by atoms with Crippen LogP contribution < -0.4 is 20.5 Å². The number of fused-ring (bicyclic) bond motifs is 1. The van der Waals surface area contributed by atoms with Gasteiger partial charge in [0.2, 0.25) is 5.95 Å². The monoisotopic (exact) mass is 488 g/mol. The average Bonchev–Trinajstić information content (AvgIpc) is 2.83. The van der Waals surface area contributed by atoms with E-state index in [0.29, 0.717) is 52.5 Å². The molecule has 2 aromatic carbocycles. The molecule has 0 spiro atoms. The summed E-state index contributed by atoms with van der Waals surface area (Å²) in [5, 5.41) is 4.38. The average molecular weight is 489 g/mol. The van der Waals surface area contributed by atoms with Crippen molar-refractivity contribution in [3.8, 4) is 5.75 Å². The van der Waals surface area contributed by atoms with Crippen LogP contribution in [0.25, 0.3) is 0 Å². The fraction of sp³-hybridized carbons (Fsp3) is 0.261. The van der Waals surface area contributed by atoms with Crippen molar-refractivity contribution in [2.45, 2.75) is 19.5 Å². The second kappa shape index (κ2) is 10.1. The number of rotatable bonds is 7. The lowest BCUT2D eigenvalue weighted by molar-refractivity contribution is -0.134. The molecule has 4 rings (SSSR count). The van der Waals surface area contributed by atoms with Gasteiger partial charge in [0.1, 0.15) is 12.9 Å². The standard InChI is InChI=1S/C23H22Cl2N4O4/c1-32-29-22(31)19-13-28(21(30)14-33-18-8-6-17(25)7-9-18)11-10-20(19)27-23(29)26-12-15-2-4-16(24)5-3-15/h2-9H,10-14H2,1H3,(H,26,27). The lowest BCUT2D eigenvalue weighted by atomic mass is 10.1. The Morgan fingerprint density at radius 3 is 2.42 bits per heavy atom. The van der Waals surface area contributed by atoms with Gasteiger partial charge in [0.05, 0.1) is 17.8 Å². The number of anilines is 1. The molecule has 0 saturated heterocycles. The zero-order valence-corrected chi connectivity index (χ0v) is 19.4. The molecule has 0 radical (unpaired) electrons. The van der Waals surface area contributed by atoms with Crippen molar-refractivity contribution in [2.75, 3.05) is 25.6 Å². The Balaban J connectivity index is 1.45. The lowest BCUT2D eigenvalue weighted by Crippen LogP contribution is -2.43. The Labute approximate surface area is 200 Å². The fourth-order valence-electron chi connectivity index (χ4n) is 3.50. The van der Waals surface area contributed by atoms with Crippen LogP contribution in [-0.2, 0) is 24.3 Å². The lowest BCUT2D eigenvalue weighted by Gasteiger charge is -2.28. The molecule has 10 heteroatoms. The summed E-state index contributed by atoms with van der Waals surface area (Å²) in [6.07, 6.45) is 0.456. The first-order valence-electron chi connectivity index (χ1n) is 10.3. The van der Waals surface area contributed by atoms with Crippen molar-refractivity contribution in [2.24, 2.45) is 0 Å². The number of aromatic nitrogens is 2. The van der Waals surface area contributed by atoms with Gasteiger partial charge in [0, 0.05) is 29.6 Å². The van der Waals surface area contributed by atoms with E-state index < -0.39 is 0 Å². The highest BCUT2D eigenvalue weighted by Gasteiger charge is 2.27. The van der Waals surface area contributed by atoms with Gasteiger partial charge in [0.15, 0.2) is 6.61 Å². The van der Waals surface area contributed by atoms with Crippen LogP contribution in [0.4, 0.5) is 5.95 Å². The van der Waals surface area contributed by atoms with Crippen molar-refractivity contribution in [1.82, 2.24) is 14.6 Å². The van der Waals surface area contributed by atoms with Gasteiger partial charge in [-0.05, 0) is 42.0 Å². The number of amides is 1. The van der Waals surface area contributed by atoms with E-state index in [1.165, 1.54) is 7.11 Å². The molecule has 8 nitrogen and oxygen atoms in total. The first-order valence-corrected chi connectivity index (χ1v) is 11.0. The van der Waals surface area contributed by atoms with E-state index in [9.17, 15) is 9.59 Å². The van der Waals surface area contributed by atoms with E-state index in [0.717, 1.165) is 10.3 Å². The second-order valence-corrected chi connectivity index (χ2v) is 8.30. The van der Waals surface area contributed by atoms with Gasteiger partial charge in [-0.25, -0.2) is 4.98 Å². The molecular formula is C23H22Cl2N4O4. The van der Waals surface area contributed by atoms with Gasteiger partial charge in [-0.15, -0.1) is 4.73 Å². The Morgan fingerprint density at radius 2 is 1.76 bits per heavy atom. The van der Waals surface area contributed by atoms with E-state index in [-0.39, 0.29) is 24.6 Å². The number of nitrogens with one attached hydrogen (secondary N) is 1. The van der Waals surface area contributed by atoms with Crippen LogP contribution in [0.5, 0.6) is 5.75 Å². The summed E-state index contributed by atoms with van der Waals surface area (Å²) >= 11 is 11.8. The predicted molar refractivity (Wildman–Crippen MR) is 126 cm³/mol. The summed E-state index contributed by atoms with van der Waals surface area (Å²) in [4.78, 5) is 37.2. The van der Waals surface area contributed by atoms with Gasteiger partial charge in [-0.2, -0.15) is 0 Å². The zero-order valence-electron chi connectivity index (χ0n) is 17.9. The number of benzene rings is 2. The van der Waals surface area contributed by atoms with Gasteiger partial charge in [0.25, 0.3) is 11.5 Å². The quantitative estimate of drug-likeness (QED) is 0.549. The summed E-state index contributed by atoms with van der Waals surface area (Å²) in [6, 6.07) is 14.1. The van der Waals surface area contributed by atoms with Crippen LogP contribution in [0.15, 0.2) is 53.3 Å². The van der Waals surface area contributed by atoms with E-state index >= 15 is 0 Å². The van der Waals surface area contributed by atoms with Crippen LogP contribution in [0.1, 0.15) is 16.8 Å². The smallest absolute Gasteiger partial charge is 0.293 e. The number of hydrogen-bond acceptors (Lipinski definition) is 6. The number of halogens is 2. The van der Waals surface area contributed by atoms with Gasteiger partial charge < -0.3 is 19.8 Å². The molecule has 33 heavy (non-hydrogen) atoms. The molecule has 1 aromatic heterocycles.